The Morgan fingerprint density at radius 1 is 1.08 bits per heavy atom. The molecule has 0 saturated carbocycles. The number of hydrogen-bond acceptors (Lipinski definition) is 5. The van der Waals surface area contributed by atoms with Crippen LogP contribution in [0.25, 0.3) is 22.6 Å². The number of hydrogen-bond donors (Lipinski definition) is 1. The van der Waals surface area contributed by atoms with E-state index in [1.54, 1.807) is 13.1 Å². The third-order valence-corrected chi connectivity index (χ3v) is 4.95. The Hall–Kier alpha value is -2.90. The van der Waals surface area contributed by atoms with Crippen molar-refractivity contribution >= 4 is 17.0 Å². The van der Waals surface area contributed by atoms with E-state index in [4.69, 9.17) is 0 Å². The van der Waals surface area contributed by atoms with Gasteiger partial charge >= 0.3 is 5.69 Å². The third kappa shape index (κ3) is 2.53. The molecule has 8 nitrogen and oxygen atoms in total. The van der Waals surface area contributed by atoms with Crippen LogP contribution in [0.5, 0.6) is 0 Å². The van der Waals surface area contributed by atoms with Gasteiger partial charge in [0.2, 0.25) is 0 Å². The van der Waals surface area contributed by atoms with Gasteiger partial charge in [0.25, 0.3) is 5.56 Å². The lowest BCUT2D eigenvalue weighted by Gasteiger charge is -2.15. The number of aromatic nitrogens is 5. The number of imidazole rings is 1. The molecule has 8 heteroatoms. The summed E-state index contributed by atoms with van der Waals surface area (Å²) in [6.07, 6.45) is 4.16. The van der Waals surface area contributed by atoms with Crippen LogP contribution in [0.1, 0.15) is 26.7 Å². The highest BCUT2D eigenvalue weighted by Gasteiger charge is 2.17. The highest BCUT2D eigenvalue weighted by atomic mass is 16.2. The lowest BCUT2D eigenvalue weighted by Crippen LogP contribution is -2.39. The highest BCUT2D eigenvalue weighted by Crippen LogP contribution is 2.22. The van der Waals surface area contributed by atoms with E-state index in [9.17, 15) is 9.59 Å². The smallest absolute Gasteiger partial charge is 0.332 e. The zero-order valence-corrected chi connectivity index (χ0v) is 15.0. The quantitative estimate of drug-likeness (QED) is 0.768. The van der Waals surface area contributed by atoms with E-state index in [2.05, 4.69) is 19.9 Å². The van der Waals surface area contributed by atoms with Gasteiger partial charge in [-0.05, 0) is 38.8 Å². The van der Waals surface area contributed by atoms with Crippen molar-refractivity contribution in [2.24, 2.45) is 0 Å². The zero-order chi connectivity index (χ0) is 18.3. The van der Waals surface area contributed by atoms with E-state index in [-0.39, 0.29) is 11.2 Å². The summed E-state index contributed by atoms with van der Waals surface area (Å²) >= 11 is 0. The summed E-state index contributed by atoms with van der Waals surface area (Å²) in [6, 6.07) is 3.93. The summed E-state index contributed by atoms with van der Waals surface area (Å²) in [7, 11) is 0. The molecule has 0 aliphatic carbocycles. The van der Waals surface area contributed by atoms with Crippen LogP contribution in [0.3, 0.4) is 0 Å². The molecular weight excluding hydrogens is 332 g/mol. The summed E-state index contributed by atoms with van der Waals surface area (Å²) in [5, 5.41) is 0. The minimum atomic E-state index is -0.336. The summed E-state index contributed by atoms with van der Waals surface area (Å²) in [5.41, 5.74) is 0.880. The van der Waals surface area contributed by atoms with Crippen LogP contribution in [0.4, 0.5) is 5.82 Å². The van der Waals surface area contributed by atoms with Gasteiger partial charge in [-0.25, -0.2) is 14.8 Å². The van der Waals surface area contributed by atoms with E-state index < -0.39 is 0 Å². The Morgan fingerprint density at radius 3 is 2.42 bits per heavy atom. The fourth-order valence-electron chi connectivity index (χ4n) is 3.53. The van der Waals surface area contributed by atoms with Crippen molar-refractivity contribution in [3.63, 3.8) is 0 Å². The van der Waals surface area contributed by atoms with Crippen LogP contribution in [0.15, 0.2) is 27.9 Å². The Bertz CT molecular complexity index is 1050. The van der Waals surface area contributed by atoms with Crippen molar-refractivity contribution in [2.75, 3.05) is 18.0 Å². The first-order valence-corrected chi connectivity index (χ1v) is 9.08. The minimum absolute atomic E-state index is 0.326. The SMILES string of the molecule is CCn1c(=O)c2[nH]c(-c3ccc(N4CCCC4)nc3)nc2n(CC)c1=O. The van der Waals surface area contributed by atoms with Gasteiger partial charge in [0.1, 0.15) is 17.2 Å². The average molecular weight is 354 g/mol. The van der Waals surface area contributed by atoms with Gasteiger partial charge in [-0.15, -0.1) is 0 Å². The largest absolute Gasteiger partial charge is 0.357 e. The van der Waals surface area contributed by atoms with Crippen LogP contribution >= 0.6 is 0 Å². The summed E-state index contributed by atoms with van der Waals surface area (Å²) < 4.78 is 2.74. The lowest BCUT2D eigenvalue weighted by molar-refractivity contribution is 0.606. The number of rotatable bonds is 4. The lowest BCUT2D eigenvalue weighted by atomic mass is 10.2. The second-order valence-corrected chi connectivity index (χ2v) is 6.46. The summed E-state index contributed by atoms with van der Waals surface area (Å²) in [5.74, 6) is 1.51. The Balaban J connectivity index is 1.81. The molecule has 4 heterocycles. The fourth-order valence-corrected chi connectivity index (χ4v) is 3.53. The summed E-state index contributed by atoms with van der Waals surface area (Å²) in [6.45, 7) is 6.51. The Kier molecular flexibility index (Phi) is 4.10. The van der Waals surface area contributed by atoms with Crippen molar-refractivity contribution in [1.29, 1.82) is 0 Å². The van der Waals surface area contributed by atoms with E-state index in [0.29, 0.717) is 30.1 Å². The first-order chi connectivity index (χ1) is 12.6. The molecule has 1 saturated heterocycles. The maximum atomic E-state index is 12.6. The molecule has 0 radical (unpaired) electrons. The maximum absolute atomic E-state index is 12.6. The molecule has 3 aromatic heterocycles. The van der Waals surface area contributed by atoms with Crippen molar-refractivity contribution in [3.05, 3.63) is 39.2 Å². The van der Waals surface area contributed by atoms with E-state index in [1.807, 2.05) is 19.1 Å². The number of H-pyrrole nitrogens is 1. The third-order valence-electron chi connectivity index (χ3n) is 4.95. The second kappa shape index (κ2) is 6.44. The normalized spacial score (nSPS) is 14.5. The molecule has 0 atom stereocenters. The standard InChI is InChI=1S/C18H22N6O2/c1-3-23-16-14(17(25)24(4-2)18(23)26)20-15(21-16)12-7-8-13(19-11-12)22-9-5-6-10-22/h7-8,11H,3-6,9-10H2,1-2H3,(H,20,21). The van der Waals surface area contributed by atoms with Gasteiger partial charge in [-0.2, -0.15) is 0 Å². The number of nitrogens with zero attached hydrogens (tertiary/aromatic N) is 5. The number of aromatic amines is 1. The molecule has 0 amide bonds. The van der Waals surface area contributed by atoms with E-state index >= 15 is 0 Å². The van der Waals surface area contributed by atoms with Crippen molar-refractivity contribution in [2.45, 2.75) is 39.8 Å². The molecule has 0 aromatic carbocycles. The van der Waals surface area contributed by atoms with Crippen molar-refractivity contribution in [1.82, 2.24) is 24.1 Å². The molecule has 1 aliphatic rings. The second-order valence-electron chi connectivity index (χ2n) is 6.46. The van der Waals surface area contributed by atoms with Gasteiger partial charge in [0.15, 0.2) is 5.65 Å². The number of pyridine rings is 1. The van der Waals surface area contributed by atoms with E-state index in [1.165, 1.54) is 22.0 Å². The van der Waals surface area contributed by atoms with Crippen LogP contribution in [-0.2, 0) is 13.1 Å². The van der Waals surface area contributed by atoms with Crippen LogP contribution < -0.4 is 16.1 Å². The molecule has 1 N–H and O–H groups in total. The van der Waals surface area contributed by atoms with Gasteiger partial charge in [-0.1, -0.05) is 0 Å². The predicted octanol–water partition coefficient (Wildman–Crippen LogP) is 1.59. The van der Waals surface area contributed by atoms with Gasteiger partial charge in [0, 0.05) is 37.9 Å². The zero-order valence-electron chi connectivity index (χ0n) is 15.0. The Labute approximate surface area is 150 Å². The molecule has 0 unspecified atom stereocenters. The monoisotopic (exact) mass is 354 g/mol. The molecule has 0 bridgehead atoms. The van der Waals surface area contributed by atoms with Crippen LogP contribution in [-0.4, -0.2) is 37.2 Å². The number of fused-ring (bicyclic) bond motifs is 1. The van der Waals surface area contributed by atoms with Gasteiger partial charge in [0.05, 0.1) is 0 Å². The maximum Gasteiger partial charge on any atom is 0.332 e. The van der Waals surface area contributed by atoms with E-state index in [0.717, 1.165) is 24.5 Å². The topological polar surface area (TPSA) is 88.8 Å². The minimum Gasteiger partial charge on any atom is -0.357 e. The molecule has 0 spiro atoms. The fraction of sp³-hybridized carbons (Fsp3) is 0.444. The Morgan fingerprint density at radius 2 is 1.81 bits per heavy atom. The molecule has 26 heavy (non-hydrogen) atoms. The number of aryl methyl sites for hydroxylation is 1. The molecule has 1 fully saturated rings. The molecular formula is C18H22N6O2. The molecule has 3 aromatic rings. The molecule has 136 valence electrons. The first kappa shape index (κ1) is 16.6. The molecule has 4 rings (SSSR count). The predicted molar refractivity (Wildman–Crippen MR) is 101 cm³/mol. The number of nitrogens with one attached hydrogen (secondary N) is 1. The van der Waals surface area contributed by atoms with Crippen LogP contribution in [0.2, 0.25) is 0 Å². The van der Waals surface area contributed by atoms with Crippen molar-refractivity contribution < 1.29 is 0 Å². The van der Waals surface area contributed by atoms with Crippen molar-refractivity contribution in [3.8, 4) is 11.4 Å². The van der Waals surface area contributed by atoms with Crippen LogP contribution in [0, 0.1) is 0 Å². The average Bonchev–Trinajstić information content (AvgIpc) is 3.33. The number of anilines is 1. The highest BCUT2D eigenvalue weighted by molar-refractivity contribution is 5.75. The van der Waals surface area contributed by atoms with Gasteiger partial charge < -0.3 is 9.88 Å². The van der Waals surface area contributed by atoms with Gasteiger partial charge in [-0.3, -0.25) is 13.9 Å². The summed E-state index contributed by atoms with van der Waals surface area (Å²) in [4.78, 5) is 39.4. The first-order valence-electron chi connectivity index (χ1n) is 9.08. The molecule has 1 aliphatic heterocycles.